The number of rotatable bonds is 5. The molecule has 0 aliphatic carbocycles. The van der Waals surface area contributed by atoms with Crippen LogP contribution in [0.4, 0.5) is 4.39 Å². The van der Waals surface area contributed by atoms with Crippen LogP contribution >= 0.6 is 0 Å². The van der Waals surface area contributed by atoms with Crippen molar-refractivity contribution in [3.8, 4) is 0 Å². The maximum Gasteiger partial charge on any atom is 0.306 e. The highest BCUT2D eigenvalue weighted by Crippen LogP contribution is 2.22. The van der Waals surface area contributed by atoms with Crippen LogP contribution in [0.3, 0.4) is 0 Å². The zero-order chi connectivity index (χ0) is 20.3. The third kappa shape index (κ3) is 5.38. The molecule has 7 heteroatoms. The SMILES string of the molecule is CC(C)(C)OC(=O)CC1CCN(CCn2c(=O)cnc3ccc(F)cc32)CC1. The van der Waals surface area contributed by atoms with Crippen LogP contribution in [-0.2, 0) is 16.1 Å². The van der Waals surface area contributed by atoms with Gasteiger partial charge in [-0.15, -0.1) is 0 Å². The molecule has 2 aromatic rings. The molecular weight excluding hydrogens is 361 g/mol. The fourth-order valence-corrected chi connectivity index (χ4v) is 3.64. The van der Waals surface area contributed by atoms with E-state index in [-0.39, 0.29) is 17.3 Å². The summed E-state index contributed by atoms with van der Waals surface area (Å²) in [6, 6.07) is 4.29. The summed E-state index contributed by atoms with van der Waals surface area (Å²) >= 11 is 0. The predicted molar refractivity (Wildman–Crippen MR) is 106 cm³/mol. The number of piperidine rings is 1. The molecule has 0 N–H and O–H groups in total. The number of carbonyl (C=O) groups is 1. The molecule has 0 spiro atoms. The number of ether oxygens (including phenoxy) is 1. The fourth-order valence-electron chi connectivity index (χ4n) is 3.64. The van der Waals surface area contributed by atoms with E-state index in [9.17, 15) is 14.0 Å². The van der Waals surface area contributed by atoms with E-state index in [1.807, 2.05) is 20.8 Å². The van der Waals surface area contributed by atoms with Crippen molar-refractivity contribution in [1.82, 2.24) is 14.5 Å². The van der Waals surface area contributed by atoms with Crippen LogP contribution < -0.4 is 5.56 Å². The van der Waals surface area contributed by atoms with Crippen molar-refractivity contribution in [2.24, 2.45) is 5.92 Å². The van der Waals surface area contributed by atoms with Gasteiger partial charge in [0.25, 0.3) is 5.56 Å². The van der Waals surface area contributed by atoms with E-state index in [1.165, 1.54) is 18.3 Å². The molecular formula is C21H28FN3O3. The zero-order valence-corrected chi connectivity index (χ0v) is 16.8. The standard InChI is InChI=1S/C21H28FN3O3/c1-21(2,3)28-20(27)12-15-6-8-24(9-7-15)10-11-25-18-13-16(22)4-5-17(18)23-14-19(25)26/h4-5,13-15H,6-12H2,1-3H3. The fraction of sp³-hybridized carbons (Fsp3) is 0.571. The van der Waals surface area contributed by atoms with E-state index in [1.54, 1.807) is 10.6 Å². The third-order valence-electron chi connectivity index (χ3n) is 5.03. The van der Waals surface area contributed by atoms with Crippen LogP contribution in [-0.4, -0.2) is 45.7 Å². The molecule has 1 aliphatic rings. The van der Waals surface area contributed by atoms with Gasteiger partial charge in [-0.2, -0.15) is 0 Å². The van der Waals surface area contributed by atoms with Crippen molar-refractivity contribution in [2.45, 2.75) is 52.2 Å². The van der Waals surface area contributed by atoms with E-state index in [4.69, 9.17) is 4.74 Å². The number of carbonyl (C=O) groups excluding carboxylic acids is 1. The molecule has 28 heavy (non-hydrogen) atoms. The Kier molecular flexibility index (Phi) is 6.13. The summed E-state index contributed by atoms with van der Waals surface area (Å²) in [5.41, 5.74) is 0.458. The predicted octanol–water partition coefficient (Wildman–Crippen LogP) is 2.98. The Hall–Kier alpha value is -2.28. The number of hydrogen-bond donors (Lipinski definition) is 0. The summed E-state index contributed by atoms with van der Waals surface area (Å²) in [5, 5.41) is 0. The van der Waals surface area contributed by atoms with E-state index >= 15 is 0 Å². The molecule has 1 aromatic carbocycles. The normalized spacial score (nSPS) is 16.4. The van der Waals surface area contributed by atoms with Gasteiger partial charge in [-0.3, -0.25) is 9.59 Å². The smallest absolute Gasteiger partial charge is 0.306 e. The second-order valence-corrected chi connectivity index (χ2v) is 8.46. The van der Waals surface area contributed by atoms with Gasteiger partial charge in [0, 0.05) is 19.5 Å². The number of benzene rings is 1. The Bertz CT molecular complexity index is 896. The molecule has 0 unspecified atom stereocenters. The van der Waals surface area contributed by atoms with Crippen LogP contribution in [0, 0.1) is 11.7 Å². The molecule has 0 bridgehead atoms. The van der Waals surface area contributed by atoms with Crippen LogP contribution in [0.25, 0.3) is 11.0 Å². The second-order valence-electron chi connectivity index (χ2n) is 8.46. The first kappa shape index (κ1) is 20.5. The van der Waals surface area contributed by atoms with Gasteiger partial charge in [0.1, 0.15) is 11.4 Å². The molecule has 3 rings (SSSR count). The molecule has 1 aliphatic heterocycles. The van der Waals surface area contributed by atoms with Gasteiger partial charge in [0.2, 0.25) is 0 Å². The second kappa shape index (κ2) is 8.39. The summed E-state index contributed by atoms with van der Waals surface area (Å²) in [4.78, 5) is 30.6. The first-order valence-corrected chi connectivity index (χ1v) is 9.80. The molecule has 6 nitrogen and oxygen atoms in total. The van der Waals surface area contributed by atoms with E-state index in [2.05, 4.69) is 9.88 Å². The quantitative estimate of drug-likeness (QED) is 0.736. The lowest BCUT2D eigenvalue weighted by Crippen LogP contribution is -2.38. The van der Waals surface area contributed by atoms with Crippen molar-refractivity contribution < 1.29 is 13.9 Å². The lowest BCUT2D eigenvalue weighted by Gasteiger charge is -2.32. The van der Waals surface area contributed by atoms with Crippen molar-refractivity contribution in [3.05, 3.63) is 40.6 Å². The summed E-state index contributed by atoms with van der Waals surface area (Å²) in [6.07, 6.45) is 3.60. The Morgan fingerprint density at radius 1 is 1.25 bits per heavy atom. The lowest BCUT2D eigenvalue weighted by molar-refractivity contribution is -0.156. The van der Waals surface area contributed by atoms with Gasteiger partial charge in [0.05, 0.1) is 17.2 Å². The Morgan fingerprint density at radius 2 is 1.96 bits per heavy atom. The Balaban J connectivity index is 1.54. The average Bonchev–Trinajstić information content (AvgIpc) is 2.60. The van der Waals surface area contributed by atoms with Gasteiger partial charge in [-0.1, -0.05) is 0 Å². The number of aromatic nitrogens is 2. The minimum atomic E-state index is -0.447. The van der Waals surface area contributed by atoms with Gasteiger partial charge in [-0.25, -0.2) is 9.37 Å². The minimum absolute atomic E-state index is 0.136. The monoisotopic (exact) mass is 389 g/mol. The van der Waals surface area contributed by atoms with Gasteiger partial charge in [0.15, 0.2) is 0 Å². The summed E-state index contributed by atoms with van der Waals surface area (Å²) in [6.45, 7) is 8.57. The van der Waals surface area contributed by atoms with Crippen molar-refractivity contribution in [3.63, 3.8) is 0 Å². The average molecular weight is 389 g/mol. The molecule has 152 valence electrons. The number of likely N-dealkylation sites (tertiary alicyclic amines) is 1. The molecule has 0 atom stereocenters. The largest absolute Gasteiger partial charge is 0.460 e. The summed E-state index contributed by atoms with van der Waals surface area (Å²) in [5.74, 6) is -0.177. The number of hydrogen-bond acceptors (Lipinski definition) is 5. The lowest BCUT2D eigenvalue weighted by atomic mass is 9.93. The van der Waals surface area contributed by atoms with Gasteiger partial charge >= 0.3 is 5.97 Å². The Morgan fingerprint density at radius 3 is 2.64 bits per heavy atom. The molecule has 0 amide bonds. The summed E-state index contributed by atoms with van der Waals surface area (Å²) in [7, 11) is 0. The molecule has 0 radical (unpaired) electrons. The van der Waals surface area contributed by atoms with Gasteiger partial charge in [-0.05, 0) is 70.8 Å². The maximum atomic E-state index is 13.6. The first-order chi connectivity index (χ1) is 13.2. The highest BCUT2D eigenvalue weighted by Gasteiger charge is 2.24. The van der Waals surface area contributed by atoms with Crippen LogP contribution in [0.5, 0.6) is 0 Å². The number of nitrogens with zero attached hydrogens (tertiary/aromatic N) is 3. The summed E-state index contributed by atoms with van der Waals surface area (Å²) < 4.78 is 20.6. The molecule has 1 saturated heterocycles. The van der Waals surface area contributed by atoms with E-state index in [0.29, 0.717) is 36.5 Å². The topological polar surface area (TPSA) is 64.4 Å². The molecule has 1 aromatic heterocycles. The van der Waals surface area contributed by atoms with Crippen LogP contribution in [0.2, 0.25) is 0 Å². The highest BCUT2D eigenvalue weighted by molar-refractivity contribution is 5.74. The first-order valence-electron chi connectivity index (χ1n) is 9.80. The number of halogens is 1. The maximum absolute atomic E-state index is 13.6. The number of esters is 1. The Labute approximate surface area is 164 Å². The zero-order valence-electron chi connectivity index (χ0n) is 16.8. The van der Waals surface area contributed by atoms with Crippen molar-refractivity contribution in [2.75, 3.05) is 19.6 Å². The molecule has 1 fully saturated rings. The van der Waals surface area contributed by atoms with Crippen LogP contribution in [0.1, 0.15) is 40.0 Å². The molecule has 2 heterocycles. The number of fused-ring (bicyclic) bond motifs is 1. The van der Waals surface area contributed by atoms with Crippen LogP contribution in [0.15, 0.2) is 29.2 Å². The third-order valence-corrected chi connectivity index (χ3v) is 5.03. The van der Waals surface area contributed by atoms with Gasteiger partial charge < -0.3 is 14.2 Å². The van der Waals surface area contributed by atoms with Crippen molar-refractivity contribution >= 4 is 17.0 Å². The van der Waals surface area contributed by atoms with E-state index in [0.717, 1.165) is 25.9 Å². The minimum Gasteiger partial charge on any atom is -0.460 e. The highest BCUT2D eigenvalue weighted by atomic mass is 19.1. The van der Waals surface area contributed by atoms with E-state index < -0.39 is 5.60 Å². The molecule has 0 saturated carbocycles. The van der Waals surface area contributed by atoms with Crippen molar-refractivity contribution in [1.29, 1.82) is 0 Å².